The van der Waals surface area contributed by atoms with Gasteiger partial charge >= 0.3 is 6.03 Å². The van der Waals surface area contributed by atoms with Gasteiger partial charge < -0.3 is 10.6 Å². The van der Waals surface area contributed by atoms with Crippen molar-refractivity contribution in [3.8, 4) is 0 Å². The second-order valence-corrected chi connectivity index (χ2v) is 5.06. The average molecular weight is 309 g/mol. The molecular formula is C15H14Cl2N2O. The molecule has 104 valence electrons. The van der Waals surface area contributed by atoms with Gasteiger partial charge in [-0.15, -0.1) is 0 Å². The standard InChI is InChI=1S/C15H14Cl2N2O/c1-2-10-5-3-4-6-13(10)18-15(20)19-14-9-11(16)7-8-12(14)17/h3-9H,2H2,1H3,(H2,18,19,20). The molecule has 0 fully saturated rings. The summed E-state index contributed by atoms with van der Waals surface area (Å²) in [5, 5.41) is 6.44. The second-order valence-electron chi connectivity index (χ2n) is 4.21. The molecule has 3 nitrogen and oxygen atoms in total. The highest BCUT2D eigenvalue weighted by atomic mass is 35.5. The molecule has 0 aromatic heterocycles. The summed E-state index contributed by atoms with van der Waals surface area (Å²) in [5.41, 5.74) is 2.33. The molecule has 0 aliphatic carbocycles. The number of rotatable bonds is 3. The topological polar surface area (TPSA) is 41.1 Å². The third kappa shape index (κ3) is 3.65. The first kappa shape index (κ1) is 14.7. The molecule has 0 radical (unpaired) electrons. The fourth-order valence-corrected chi connectivity index (χ4v) is 2.16. The van der Waals surface area contributed by atoms with Crippen molar-refractivity contribution in [1.29, 1.82) is 0 Å². The second kappa shape index (κ2) is 6.64. The lowest BCUT2D eigenvalue weighted by Gasteiger charge is -2.12. The fraction of sp³-hybridized carbons (Fsp3) is 0.133. The van der Waals surface area contributed by atoms with Gasteiger partial charge in [0.1, 0.15) is 0 Å². The highest BCUT2D eigenvalue weighted by Crippen LogP contribution is 2.25. The maximum atomic E-state index is 12.0. The SMILES string of the molecule is CCc1ccccc1NC(=O)Nc1cc(Cl)ccc1Cl. The van der Waals surface area contributed by atoms with Crippen LogP contribution in [0.3, 0.4) is 0 Å². The molecule has 2 amide bonds. The Morgan fingerprint density at radius 1 is 1.05 bits per heavy atom. The molecule has 0 aliphatic heterocycles. The molecule has 2 N–H and O–H groups in total. The first-order valence-corrected chi connectivity index (χ1v) is 6.96. The Labute approximate surface area is 127 Å². The van der Waals surface area contributed by atoms with Crippen molar-refractivity contribution in [3.63, 3.8) is 0 Å². The average Bonchev–Trinajstić information content (AvgIpc) is 2.43. The molecule has 0 heterocycles. The van der Waals surface area contributed by atoms with E-state index in [2.05, 4.69) is 10.6 Å². The molecule has 20 heavy (non-hydrogen) atoms. The minimum absolute atomic E-state index is 0.352. The zero-order valence-electron chi connectivity index (χ0n) is 10.9. The molecular weight excluding hydrogens is 295 g/mol. The summed E-state index contributed by atoms with van der Waals surface area (Å²) in [7, 11) is 0. The lowest BCUT2D eigenvalue weighted by Crippen LogP contribution is -2.20. The molecule has 0 saturated carbocycles. The quantitative estimate of drug-likeness (QED) is 0.804. The number of urea groups is 1. The van der Waals surface area contributed by atoms with Crippen molar-refractivity contribution in [2.24, 2.45) is 0 Å². The molecule has 0 unspecified atom stereocenters. The summed E-state index contributed by atoms with van der Waals surface area (Å²) >= 11 is 11.9. The Morgan fingerprint density at radius 2 is 1.75 bits per heavy atom. The van der Waals surface area contributed by atoms with Crippen LogP contribution in [0.2, 0.25) is 10.0 Å². The van der Waals surface area contributed by atoms with Gasteiger partial charge in [0.15, 0.2) is 0 Å². The lowest BCUT2D eigenvalue weighted by atomic mass is 10.1. The van der Waals surface area contributed by atoms with Gasteiger partial charge in [-0.25, -0.2) is 4.79 Å². The molecule has 2 aromatic carbocycles. The van der Waals surface area contributed by atoms with E-state index in [0.717, 1.165) is 17.7 Å². The number of benzene rings is 2. The molecule has 0 aliphatic rings. The highest BCUT2D eigenvalue weighted by Gasteiger charge is 2.08. The summed E-state index contributed by atoms with van der Waals surface area (Å²) in [6.07, 6.45) is 0.842. The zero-order valence-corrected chi connectivity index (χ0v) is 12.4. The molecule has 2 aromatic rings. The predicted molar refractivity (Wildman–Crippen MR) is 84.9 cm³/mol. The van der Waals surface area contributed by atoms with Gasteiger partial charge in [0.05, 0.1) is 10.7 Å². The van der Waals surface area contributed by atoms with Gasteiger partial charge in [0, 0.05) is 10.7 Å². The largest absolute Gasteiger partial charge is 0.323 e. The van der Waals surface area contributed by atoms with E-state index in [1.54, 1.807) is 18.2 Å². The van der Waals surface area contributed by atoms with Crippen molar-refractivity contribution >= 4 is 40.6 Å². The van der Waals surface area contributed by atoms with Crippen LogP contribution >= 0.6 is 23.2 Å². The molecule has 0 saturated heterocycles. The number of carbonyl (C=O) groups is 1. The Kier molecular flexibility index (Phi) is 4.88. The van der Waals surface area contributed by atoms with Crippen LogP contribution in [0.1, 0.15) is 12.5 Å². The number of nitrogens with one attached hydrogen (secondary N) is 2. The van der Waals surface area contributed by atoms with Crippen LogP contribution in [0.15, 0.2) is 42.5 Å². The maximum Gasteiger partial charge on any atom is 0.323 e. The van der Waals surface area contributed by atoms with Crippen LogP contribution in [0.25, 0.3) is 0 Å². The van der Waals surface area contributed by atoms with Crippen molar-refractivity contribution in [1.82, 2.24) is 0 Å². The summed E-state index contributed by atoms with van der Waals surface area (Å²) in [5.74, 6) is 0. The first-order valence-electron chi connectivity index (χ1n) is 6.21. The van der Waals surface area contributed by atoms with Gasteiger partial charge in [-0.05, 0) is 36.2 Å². The highest BCUT2D eigenvalue weighted by molar-refractivity contribution is 6.35. The molecule has 2 rings (SSSR count). The van der Waals surface area contributed by atoms with E-state index in [-0.39, 0.29) is 6.03 Å². The van der Waals surface area contributed by atoms with Gasteiger partial charge in [-0.2, -0.15) is 0 Å². The van der Waals surface area contributed by atoms with Crippen LogP contribution in [-0.4, -0.2) is 6.03 Å². The van der Waals surface area contributed by atoms with Crippen LogP contribution in [0.4, 0.5) is 16.2 Å². The number of hydrogen-bond donors (Lipinski definition) is 2. The normalized spacial score (nSPS) is 10.2. The minimum Gasteiger partial charge on any atom is -0.307 e. The van der Waals surface area contributed by atoms with Gasteiger partial charge in [0.25, 0.3) is 0 Å². The van der Waals surface area contributed by atoms with E-state index in [1.165, 1.54) is 0 Å². The summed E-state index contributed by atoms with van der Waals surface area (Å²) in [4.78, 5) is 12.0. The number of anilines is 2. The molecule has 0 spiro atoms. The number of amides is 2. The Balaban J connectivity index is 2.11. The van der Waals surface area contributed by atoms with Crippen molar-refractivity contribution in [2.75, 3.05) is 10.6 Å². The van der Waals surface area contributed by atoms with E-state index >= 15 is 0 Å². The van der Waals surface area contributed by atoms with E-state index in [4.69, 9.17) is 23.2 Å². The molecule has 0 atom stereocenters. The van der Waals surface area contributed by atoms with E-state index in [9.17, 15) is 4.79 Å². The number of hydrogen-bond acceptors (Lipinski definition) is 1. The zero-order chi connectivity index (χ0) is 14.5. The van der Waals surface area contributed by atoms with E-state index in [0.29, 0.717) is 15.7 Å². The first-order chi connectivity index (χ1) is 9.60. The van der Waals surface area contributed by atoms with Crippen LogP contribution in [0, 0.1) is 0 Å². The van der Waals surface area contributed by atoms with E-state index < -0.39 is 0 Å². The Hall–Kier alpha value is -1.71. The van der Waals surface area contributed by atoms with Gasteiger partial charge in [-0.3, -0.25) is 0 Å². The van der Waals surface area contributed by atoms with Crippen molar-refractivity contribution in [2.45, 2.75) is 13.3 Å². The molecule has 5 heteroatoms. The third-order valence-corrected chi connectivity index (χ3v) is 3.39. The number of carbonyl (C=O) groups excluding carboxylic acids is 1. The van der Waals surface area contributed by atoms with Gasteiger partial charge in [0.2, 0.25) is 0 Å². The number of halogens is 2. The summed E-state index contributed by atoms with van der Waals surface area (Å²) in [6, 6.07) is 12.2. The fourth-order valence-electron chi connectivity index (χ4n) is 1.82. The van der Waals surface area contributed by atoms with Crippen LogP contribution < -0.4 is 10.6 Å². The summed E-state index contributed by atoms with van der Waals surface area (Å²) < 4.78 is 0. The number of para-hydroxylation sites is 1. The van der Waals surface area contributed by atoms with Crippen molar-refractivity contribution < 1.29 is 4.79 Å². The maximum absolute atomic E-state index is 12.0. The summed E-state index contributed by atoms with van der Waals surface area (Å²) in [6.45, 7) is 2.03. The van der Waals surface area contributed by atoms with Gasteiger partial charge in [-0.1, -0.05) is 48.3 Å². The number of aryl methyl sites for hydroxylation is 1. The smallest absolute Gasteiger partial charge is 0.307 e. The Morgan fingerprint density at radius 3 is 2.50 bits per heavy atom. The molecule has 0 bridgehead atoms. The third-order valence-electron chi connectivity index (χ3n) is 2.82. The van der Waals surface area contributed by atoms with Crippen LogP contribution in [-0.2, 0) is 6.42 Å². The van der Waals surface area contributed by atoms with Crippen molar-refractivity contribution in [3.05, 3.63) is 58.1 Å². The minimum atomic E-state index is -0.352. The van der Waals surface area contributed by atoms with Crippen LogP contribution in [0.5, 0.6) is 0 Å². The monoisotopic (exact) mass is 308 g/mol. The lowest BCUT2D eigenvalue weighted by molar-refractivity contribution is 0.262. The predicted octanol–water partition coefficient (Wildman–Crippen LogP) is 5.20. The Bertz CT molecular complexity index is 629. The van der Waals surface area contributed by atoms with E-state index in [1.807, 2.05) is 31.2 Å².